The Balaban J connectivity index is 1.85. The van der Waals surface area contributed by atoms with Crippen LogP contribution in [-0.4, -0.2) is 29.3 Å². The van der Waals surface area contributed by atoms with Gasteiger partial charge < -0.3 is 0 Å². The van der Waals surface area contributed by atoms with Crippen molar-refractivity contribution in [3.8, 4) is 0 Å². The molecule has 142 valence electrons. The molecule has 2 saturated carbocycles. The van der Waals surface area contributed by atoms with Crippen molar-refractivity contribution in [3.05, 3.63) is 23.0 Å². The van der Waals surface area contributed by atoms with Gasteiger partial charge >= 0.3 is 0 Å². The highest BCUT2D eigenvalue weighted by atomic mass is 31.1. The van der Waals surface area contributed by atoms with Crippen molar-refractivity contribution >= 4 is 15.8 Å². The van der Waals surface area contributed by atoms with Crippen LogP contribution < -0.4 is 0 Å². The second kappa shape index (κ2) is 9.51. The van der Waals surface area contributed by atoms with Crippen molar-refractivity contribution in [1.29, 1.82) is 0 Å². The van der Waals surface area contributed by atoms with Crippen LogP contribution in [-0.2, 0) is 0 Å². The van der Waals surface area contributed by atoms with Gasteiger partial charge in [-0.1, -0.05) is 87.3 Å². The van der Waals surface area contributed by atoms with Crippen LogP contribution in [0.25, 0.3) is 0 Å². The van der Waals surface area contributed by atoms with Crippen molar-refractivity contribution in [2.75, 3.05) is 6.66 Å². The molecule has 0 aromatic rings. The van der Waals surface area contributed by atoms with Crippen molar-refractivity contribution in [3.63, 3.8) is 0 Å². The molecule has 0 saturated heterocycles. The first-order valence-electron chi connectivity index (χ1n) is 11.0. The predicted molar refractivity (Wildman–Crippen MR) is 119 cm³/mol. The molecule has 0 aromatic heterocycles. The Morgan fingerprint density at radius 2 is 1.36 bits per heavy atom. The second-order valence-corrected chi connectivity index (χ2v) is 14.8. The highest BCUT2D eigenvalue weighted by Crippen LogP contribution is 2.63. The number of hydrogen-bond donors (Lipinski definition) is 0. The molecule has 25 heavy (non-hydrogen) atoms. The lowest BCUT2D eigenvalue weighted by atomic mass is 9.99. The molecule has 0 spiro atoms. The Morgan fingerprint density at radius 3 is 1.84 bits per heavy atom. The van der Waals surface area contributed by atoms with E-state index in [1.54, 1.807) is 25.7 Å². The topological polar surface area (TPSA) is 0 Å². The molecule has 2 fully saturated rings. The van der Waals surface area contributed by atoms with Gasteiger partial charge in [-0.25, -0.2) is 0 Å². The van der Waals surface area contributed by atoms with E-state index < -0.39 is 0 Å². The summed E-state index contributed by atoms with van der Waals surface area (Å²) in [7, 11) is 0.217. The van der Waals surface area contributed by atoms with Crippen LogP contribution in [0.4, 0.5) is 0 Å². The molecule has 0 bridgehead atoms. The molecule has 0 aliphatic heterocycles. The highest BCUT2D eigenvalue weighted by Gasteiger charge is 2.37. The standard InChI is InChI=1S/C23H40P2/c1-18(2)24(4)23-17-11-16-22(23)19(3)25(20-12-7-5-8-13-20)21-14-9-6-10-15-21/h11,16,18-21H,5-10,12-15,17H2,1-4H3. The van der Waals surface area contributed by atoms with Gasteiger partial charge in [-0.15, -0.1) is 0 Å². The fourth-order valence-electron chi connectivity index (χ4n) is 5.40. The molecule has 0 amide bonds. The summed E-state index contributed by atoms with van der Waals surface area (Å²) >= 11 is 0. The molecule has 3 aliphatic rings. The number of allylic oxidation sites excluding steroid dienone is 4. The normalized spacial score (nSPS) is 26.0. The first-order chi connectivity index (χ1) is 12.1. The van der Waals surface area contributed by atoms with Crippen molar-refractivity contribution in [1.82, 2.24) is 0 Å². The fourth-order valence-corrected chi connectivity index (χ4v) is 11.5. The molecule has 2 atom stereocenters. The monoisotopic (exact) mass is 378 g/mol. The zero-order chi connectivity index (χ0) is 17.8. The highest BCUT2D eigenvalue weighted by molar-refractivity contribution is 7.62. The summed E-state index contributed by atoms with van der Waals surface area (Å²) in [6.07, 6.45) is 21.5. The molecule has 2 heteroatoms. The average molecular weight is 379 g/mol. The quantitative estimate of drug-likeness (QED) is 0.408. The number of hydrogen-bond acceptors (Lipinski definition) is 0. The van der Waals surface area contributed by atoms with E-state index in [-0.39, 0.29) is 15.8 Å². The maximum Gasteiger partial charge on any atom is 0.00215 e. The van der Waals surface area contributed by atoms with Gasteiger partial charge in [0.05, 0.1) is 0 Å². The van der Waals surface area contributed by atoms with Crippen LogP contribution in [0.15, 0.2) is 23.0 Å². The fraction of sp³-hybridized carbons (Fsp3) is 0.826. The Bertz CT molecular complexity index is 460. The largest absolute Gasteiger partial charge is 0.0929 e. The second-order valence-electron chi connectivity index (χ2n) is 8.92. The van der Waals surface area contributed by atoms with Gasteiger partial charge in [0.25, 0.3) is 0 Å². The first-order valence-corrected chi connectivity index (χ1v) is 14.4. The van der Waals surface area contributed by atoms with Gasteiger partial charge in [-0.3, -0.25) is 0 Å². The van der Waals surface area contributed by atoms with Gasteiger partial charge in [0.2, 0.25) is 0 Å². The summed E-state index contributed by atoms with van der Waals surface area (Å²) in [6.45, 7) is 10.1. The zero-order valence-corrected chi connectivity index (χ0v) is 18.9. The van der Waals surface area contributed by atoms with E-state index in [9.17, 15) is 0 Å². The molecule has 0 radical (unpaired) electrons. The Labute approximate surface area is 159 Å². The molecule has 0 nitrogen and oxygen atoms in total. The van der Waals surface area contributed by atoms with Crippen molar-refractivity contribution in [2.45, 2.75) is 114 Å². The molecule has 0 N–H and O–H groups in total. The Hall–Kier alpha value is 0.340. The molecular weight excluding hydrogens is 338 g/mol. The minimum Gasteiger partial charge on any atom is -0.0929 e. The van der Waals surface area contributed by atoms with E-state index in [1.807, 2.05) is 10.9 Å². The van der Waals surface area contributed by atoms with Gasteiger partial charge in [-0.2, -0.15) is 0 Å². The predicted octanol–water partition coefficient (Wildman–Crippen LogP) is 8.26. The van der Waals surface area contributed by atoms with Crippen LogP contribution in [0.3, 0.4) is 0 Å². The summed E-state index contributed by atoms with van der Waals surface area (Å²) in [6, 6.07) is 0. The summed E-state index contributed by atoms with van der Waals surface area (Å²) in [5.41, 5.74) is 5.66. The average Bonchev–Trinajstić information content (AvgIpc) is 3.12. The van der Waals surface area contributed by atoms with Crippen LogP contribution in [0.1, 0.15) is 91.4 Å². The van der Waals surface area contributed by atoms with Gasteiger partial charge in [0, 0.05) is 5.66 Å². The van der Waals surface area contributed by atoms with Crippen LogP contribution >= 0.6 is 15.8 Å². The number of rotatable bonds is 6. The first kappa shape index (κ1) is 20.1. The van der Waals surface area contributed by atoms with Crippen LogP contribution in [0.2, 0.25) is 0 Å². The van der Waals surface area contributed by atoms with Crippen molar-refractivity contribution < 1.29 is 0 Å². The third-order valence-electron chi connectivity index (χ3n) is 7.03. The van der Waals surface area contributed by atoms with Gasteiger partial charge in [-0.05, 0) is 66.6 Å². The van der Waals surface area contributed by atoms with Gasteiger partial charge in [0.15, 0.2) is 0 Å². The van der Waals surface area contributed by atoms with E-state index in [4.69, 9.17) is 0 Å². The molecule has 3 aliphatic carbocycles. The summed E-state index contributed by atoms with van der Waals surface area (Å²) in [5, 5.41) is 1.86. The lowest BCUT2D eigenvalue weighted by molar-refractivity contribution is 0.482. The molecular formula is C23H40P2. The molecule has 2 unspecified atom stereocenters. The van der Waals surface area contributed by atoms with E-state index in [2.05, 4.69) is 39.6 Å². The van der Waals surface area contributed by atoms with Crippen LogP contribution in [0.5, 0.6) is 0 Å². The van der Waals surface area contributed by atoms with E-state index >= 15 is 0 Å². The Morgan fingerprint density at radius 1 is 0.840 bits per heavy atom. The molecule has 3 rings (SSSR count). The summed E-state index contributed by atoms with van der Waals surface area (Å²) < 4.78 is 0. The Kier molecular flexibility index (Phi) is 7.64. The lowest BCUT2D eigenvalue weighted by Gasteiger charge is -2.43. The zero-order valence-electron chi connectivity index (χ0n) is 17.1. The van der Waals surface area contributed by atoms with Gasteiger partial charge in [0.1, 0.15) is 0 Å². The summed E-state index contributed by atoms with van der Waals surface area (Å²) in [4.78, 5) is 0. The smallest absolute Gasteiger partial charge is 0.00215 e. The molecule has 0 aromatic carbocycles. The minimum atomic E-state index is 0.0554. The van der Waals surface area contributed by atoms with Crippen LogP contribution in [0, 0.1) is 0 Å². The SMILES string of the molecule is CC(C)P(C)C1=C(C(C)P(C2CCCCC2)C2CCCCC2)C=CC1. The van der Waals surface area contributed by atoms with E-state index in [0.29, 0.717) is 0 Å². The third-order valence-corrected chi connectivity index (χ3v) is 13.8. The summed E-state index contributed by atoms with van der Waals surface area (Å²) in [5.74, 6) is 0. The maximum absolute atomic E-state index is 2.64. The minimum absolute atomic E-state index is 0.0554. The maximum atomic E-state index is 2.64. The third kappa shape index (κ3) is 4.79. The van der Waals surface area contributed by atoms with E-state index in [0.717, 1.165) is 22.6 Å². The molecule has 0 heterocycles. The van der Waals surface area contributed by atoms with E-state index in [1.165, 1.54) is 44.9 Å². The lowest BCUT2D eigenvalue weighted by Crippen LogP contribution is -2.26. The van der Waals surface area contributed by atoms with Crippen molar-refractivity contribution in [2.24, 2.45) is 0 Å².